The zero-order valence-corrected chi connectivity index (χ0v) is 12.5. The highest BCUT2D eigenvalue weighted by atomic mass is 15.3. The van der Waals surface area contributed by atoms with Crippen molar-refractivity contribution in [2.24, 2.45) is 0 Å². The van der Waals surface area contributed by atoms with Gasteiger partial charge in [-0.3, -0.25) is 5.32 Å². The van der Waals surface area contributed by atoms with E-state index in [-0.39, 0.29) is 0 Å². The monoisotopic (exact) mass is 253 g/mol. The van der Waals surface area contributed by atoms with E-state index in [1.54, 1.807) is 0 Å². The molecule has 1 atom stereocenters. The Labute approximate surface area is 113 Å². The van der Waals surface area contributed by atoms with Gasteiger partial charge in [-0.15, -0.1) is 0 Å². The zero-order valence-electron chi connectivity index (χ0n) is 12.5. The second-order valence-electron chi connectivity index (χ2n) is 5.00. The SMILES string of the molecule is C1=CN2CCCNC2CCC1.CCN(CC)CC. The number of nitrogens with one attached hydrogen (secondary N) is 1. The smallest absolute Gasteiger partial charge is 0.0790 e. The highest BCUT2D eigenvalue weighted by Crippen LogP contribution is 2.15. The van der Waals surface area contributed by atoms with Gasteiger partial charge < -0.3 is 9.80 Å². The lowest BCUT2D eigenvalue weighted by molar-refractivity contribution is 0.184. The molecule has 2 aliphatic rings. The fraction of sp³-hybridized carbons (Fsp3) is 0.867. The van der Waals surface area contributed by atoms with Crippen molar-refractivity contribution in [3.05, 3.63) is 12.3 Å². The van der Waals surface area contributed by atoms with Gasteiger partial charge in [0, 0.05) is 6.54 Å². The van der Waals surface area contributed by atoms with Gasteiger partial charge in [-0.05, 0) is 58.1 Å². The fourth-order valence-corrected chi connectivity index (χ4v) is 2.56. The van der Waals surface area contributed by atoms with Crippen LogP contribution < -0.4 is 5.32 Å². The van der Waals surface area contributed by atoms with E-state index in [1.165, 1.54) is 58.4 Å². The zero-order chi connectivity index (χ0) is 13.2. The standard InChI is InChI=1S/C9H16N2.C6H15N/c1-2-5-9-10-6-4-8-11(9)7-3-1;1-4-7(5-2)6-3/h3,7,9-10H,1-2,4-6,8H2;4-6H2,1-3H3. The van der Waals surface area contributed by atoms with E-state index in [0.717, 1.165) is 0 Å². The van der Waals surface area contributed by atoms with Crippen LogP contribution in [-0.2, 0) is 0 Å². The third-order valence-corrected chi connectivity index (χ3v) is 3.86. The van der Waals surface area contributed by atoms with Gasteiger partial charge in [0.25, 0.3) is 0 Å². The van der Waals surface area contributed by atoms with E-state index in [9.17, 15) is 0 Å². The van der Waals surface area contributed by atoms with Crippen LogP contribution in [0.1, 0.15) is 46.5 Å². The van der Waals surface area contributed by atoms with Gasteiger partial charge in [0.1, 0.15) is 0 Å². The molecule has 18 heavy (non-hydrogen) atoms. The maximum atomic E-state index is 3.54. The molecular formula is C15H31N3. The summed E-state index contributed by atoms with van der Waals surface area (Å²) in [6.07, 6.45) is 10.4. The Bertz CT molecular complexity index is 218. The summed E-state index contributed by atoms with van der Waals surface area (Å²) in [5, 5.41) is 3.54. The van der Waals surface area contributed by atoms with Crippen molar-refractivity contribution in [3.8, 4) is 0 Å². The Morgan fingerprint density at radius 1 is 1.17 bits per heavy atom. The van der Waals surface area contributed by atoms with Crippen LogP contribution in [-0.4, -0.2) is 48.7 Å². The molecular weight excluding hydrogens is 222 g/mol. The number of allylic oxidation sites excluding steroid dienone is 1. The van der Waals surface area contributed by atoms with E-state index in [4.69, 9.17) is 0 Å². The van der Waals surface area contributed by atoms with Crippen LogP contribution in [0.15, 0.2) is 12.3 Å². The molecule has 0 aromatic heterocycles. The molecule has 0 amide bonds. The molecule has 3 heteroatoms. The predicted octanol–water partition coefficient (Wildman–Crippen LogP) is 2.65. The lowest BCUT2D eigenvalue weighted by Crippen LogP contribution is -2.48. The average molecular weight is 253 g/mol. The molecule has 0 aliphatic carbocycles. The van der Waals surface area contributed by atoms with Crippen LogP contribution in [0.3, 0.4) is 0 Å². The van der Waals surface area contributed by atoms with Crippen molar-refractivity contribution < 1.29 is 0 Å². The van der Waals surface area contributed by atoms with E-state index in [1.807, 2.05) is 0 Å². The van der Waals surface area contributed by atoms with Gasteiger partial charge in [0.2, 0.25) is 0 Å². The van der Waals surface area contributed by atoms with Crippen LogP contribution >= 0.6 is 0 Å². The van der Waals surface area contributed by atoms with E-state index in [2.05, 4.69) is 48.2 Å². The molecule has 1 saturated heterocycles. The summed E-state index contributed by atoms with van der Waals surface area (Å²) in [4.78, 5) is 4.82. The number of fused-ring (bicyclic) bond motifs is 1. The first-order chi connectivity index (χ1) is 8.81. The summed E-state index contributed by atoms with van der Waals surface area (Å²) in [5.41, 5.74) is 0. The summed E-state index contributed by atoms with van der Waals surface area (Å²) in [7, 11) is 0. The molecule has 0 bridgehead atoms. The van der Waals surface area contributed by atoms with Crippen LogP contribution in [0.2, 0.25) is 0 Å². The maximum Gasteiger partial charge on any atom is 0.0790 e. The van der Waals surface area contributed by atoms with Crippen LogP contribution in [0.5, 0.6) is 0 Å². The topological polar surface area (TPSA) is 18.5 Å². The first kappa shape index (κ1) is 15.5. The maximum absolute atomic E-state index is 3.54. The van der Waals surface area contributed by atoms with E-state index >= 15 is 0 Å². The average Bonchev–Trinajstić information content (AvgIpc) is 2.66. The minimum absolute atomic E-state index is 0.641. The molecule has 0 radical (unpaired) electrons. The molecule has 0 aromatic carbocycles. The van der Waals surface area contributed by atoms with Crippen molar-refractivity contribution in [1.82, 2.24) is 15.1 Å². The molecule has 1 N–H and O–H groups in total. The quantitative estimate of drug-likeness (QED) is 0.834. The highest BCUT2D eigenvalue weighted by molar-refractivity contribution is 4.91. The van der Waals surface area contributed by atoms with Crippen LogP contribution in [0.4, 0.5) is 0 Å². The molecule has 106 valence electrons. The summed E-state index contributed by atoms with van der Waals surface area (Å²) in [6, 6.07) is 0. The first-order valence-corrected chi connectivity index (χ1v) is 7.69. The van der Waals surface area contributed by atoms with Gasteiger partial charge >= 0.3 is 0 Å². The van der Waals surface area contributed by atoms with E-state index in [0.29, 0.717) is 6.17 Å². The lowest BCUT2D eigenvalue weighted by atomic mass is 10.2. The first-order valence-electron chi connectivity index (χ1n) is 7.69. The third-order valence-electron chi connectivity index (χ3n) is 3.86. The van der Waals surface area contributed by atoms with Gasteiger partial charge in [-0.1, -0.05) is 26.8 Å². The van der Waals surface area contributed by atoms with Crippen LogP contribution in [0, 0.1) is 0 Å². The van der Waals surface area contributed by atoms with Crippen molar-refractivity contribution >= 4 is 0 Å². The molecule has 1 unspecified atom stereocenters. The minimum atomic E-state index is 0.641. The van der Waals surface area contributed by atoms with Crippen molar-refractivity contribution in [1.29, 1.82) is 0 Å². The summed E-state index contributed by atoms with van der Waals surface area (Å²) in [6.45, 7) is 12.6. The van der Waals surface area contributed by atoms with Crippen molar-refractivity contribution in [3.63, 3.8) is 0 Å². The molecule has 1 fully saturated rings. The minimum Gasteiger partial charge on any atom is -0.362 e. The lowest BCUT2D eigenvalue weighted by Gasteiger charge is -2.34. The molecule has 2 aliphatic heterocycles. The predicted molar refractivity (Wildman–Crippen MR) is 79.6 cm³/mol. The Balaban J connectivity index is 0.000000203. The number of hydrogen-bond acceptors (Lipinski definition) is 3. The number of rotatable bonds is 3. The molecule has 2 heterocycles. The van der Waals surface area contributed by atoms with Gasteiger partial charge in [0.15, 0.2) is 0 Å². The molecule has 3 nitrogen and oxygen atoms in total. The van der Waals surface area contributed by atoms with E-state index < -0.39 is 0 Å². The second-order valence-corrected chi connectivity index (χ2v) is 5.00. The Morgan fingerprint density at radius 2 is 1.89 bits per heavy atom. The summed E-state index contributed by atoms with van der Waals surface area (Å²) >= 11 is 0. The van der Waals surface area contributed by atoms with Crippen molar-refractivity contribution in [2.45, 2.75) is 52.6 Å². The second kappa shape index (κ2) is 9.40. The third kappa shape index (κ3) is 5.40. The summed E-state index contributed by atoms with van der Waals surface area (Å²) < 4.78 is 0. The summed E-state index contributed by atoms with van der Waals surface area (Å²) in [5.74, 6) is 0. The van der Waals surface area contributed by atoms with Crippen LogP contribution in [0.25, 0.3) is 0 Å². The Morgan fingerprint density at radius 3 is 2.50 bits per heavy atom. The van der Waals surface area contributed by atoms with Crippen molar-refractivity contribution in [2.75, 3.05) is 32.7 Å². The van der Waals surface area contributed by atoms with Gasteiger partial charge in [-0.2, -0.15) is 0 Å². The number of hydrogen-bond donors (Lipinski definition) is 1. The Hall–Kier alpha value is -0.540. The largest absolute Gasteiger partial charge is 0.362 e. The normalized spacial score (nSPS) is 23.1. The molecule has 0 saturated carbocycles. The highest BCUT2D eigenvalue weighted by Gasteiger charge is 2.19. The molecule has 0 aromatic rings. The Kier molecular flexibility index (Phi) is 8.10. The van der Waals surface area contributed by atoms with Gasteiger partial charge in [0.05, 0.1) is 6.17 Å². The molecule has 0 spiro atoms. The number of nitrogens with zero attached hydrogens (tertiary/aromatic N) is 2. The molecule has 2 rings (SSSR count). The fourth-order valence-electron chi connectivity index (χ4n) is 2.56. The van der Waals surface area contributed by atoms with Gasteiger partial charge in [-0.25, -0.2) is 0 Å².